The molecule has 0 saturated carbocycles. The van der Waals surface area contributed by atoms with Crippen molar-refractivity contribution >= 4 is 32.5 Å². The lowest BCUT2D eigenvalue weighted by Gasteiger charge is -2.01. The van der Waals surface area contributed by atoms with E-state index in [-0.39, 0.29) is 0 Å². The minimum Gasteiger partial charge on any atom is -0.399 e. The zero-order valence-electron chi connectivity index (χ0n) is 9.78. The number of benzene rings is 2. The number of halogens is 1. The maximum Gasteiger partial charge on any atom is 0.0457 e. The molecule has 18 heavy (non-hydrogen) atoms. The van der Waals surface area contributed by atoms with Gasteiger partial charge in [-0.2, -0.15) is 0 Å². The van der Waals surface area contributed by atoms with Crippen molar-refractivity contribution in [2.24, 2.45) is 0 Å². The highest BCUT2D eigenvalue weighted by Crippen LogP contribution is 2.24. The molecule has 0 amide bonds. The smallest absolute Gasteiger partial charge is 0.0457 e. The molecular weight excluding hydrogens is 288 g/mol. The predicted octanol–water partition coefficient (Wildman–Crippen LogP) is 4.10. The number of aromatic nitrogens is 1. The number of hydrogen-bond acceptors (Lipinski definition) is 1. The lowest BCUT2D eigenvalue weighted by atomic mass is 10.0. The molecule has 3 heteroatoms. The molecule has 0 fully saturated rings. The second kappa shape index (κ2) is 4.50. The van der Waals surface area contributed by atoms with Gasteiger partial charge in [0.25, 0.3) is 0 Å². The van der Waals surface area contributed by atoms with Crippen molar-refractivity contribution in [3.63, 3.8) is 0 Å². The fourth-order valence-electron chi connectivity index (χ4n) is 2.15. The molecule has 0 unspecified atom stereocenters. The number of rotatable bonds is 2. The molecule has 0 aliphatic rings. The molecular formula is C15H13BrN2. The van der Waals surface area contributed by atoms with Gasteiger partial charge in [0, 0.05) is 27.3 Å². The minimum absolute atomic E-state index is 0.806. The Labute approximate surface area is 114 Å². The summed E-state index contributed by atoms with van der Waals surface area (Å²) >= 11 is 3.52. The molecule has 0 bridgehead atoms. The molecule has 90 valence electrons. The van der Waals surface area contributed by atoms with Crippen LogP contribution in [0.1, 0.15) is 11.1 Å². The average molecular weight is 301 g/mol. The fraction of sp³-hybridized carbons (Fsp3) is 0.0667. The standard InChI is InChI=1S/C15H13BrN2/c16-12-3-6-15-14(8-12)11(9-18-15)7-10-1-4-13(17)5-2-10/h1-6,8-9,18H,7,17H2. The summed E-state index contributed by atoms with van der Waals surface area (Å²) in [6.45, 7) is 0. The Morgan fingerprint density at radius 2 is 1.83 bits per heavy atom. The van der Waals surface area contributed by atoms with Crippen LogP contribution in [0.5, 0.6) is 0 Å². The highest BCUT2D eigenvalue weighted by Gasteiger charge is 2.05. The Balaban J connectivity index is 1.99. The molecule has 0 aliphatic carbocycles. The van der Waals surface area contributed by atoms with Gasteiger partial charge in [-0.25, -0.2) is 0 Å². The molecule has 0 saturated heterocycles. The van der Waals surface area contributed by atoms with Crippen LogP contribution < -0.4 is 5.73 Å². The second-order valence-corrected chi connectivity index (χ2v) is 5.34. The van der Waals surface area contributed by atoms with Gasteiger partial charge < -0.3 is 10.7 Å². The zero-order valence-corrected chi connectivity index (χ0v) is 11.4. The van der Waals surface area contributed by atoms with Crippen LogP contribution in [-0.2, 0) is 6.42 Å². The lowest BCUT2D eigenvalue weighted by Crippen LogP contribution is -1.88. The molecule has 0 spiro atoms. The maximum absolute atomic E-state index is 5.70. The van der Waals surface area contributed by atoms with Gasteiger partial charge in [-0.15, -0.1) is 0 Å². The number of H-pyrrole nitrogens is 1. The van der Waals surface area contributed by atoms with Gasteiger partial charge in [0.2, 0.25) is 0 Å². The summed E-state index contributed by atoms with van der Waals surface area (Å²) in [6, 6.07) is 14.3. The van der Waals surface area contributed by atoms with E-state index in [1.807, 2.05) is 18.2 Å². The summed E-state index contributed by atoms with van der Waals surface area (Å²) in [5, 5.41) is 1.27. The maximum atomic E-state index is 5.70. The van der Waals surface area contributed by atoms with Crippen molar-refractivity contribution in [3.8, 4) is 0 Å². The minimum atomic E-state index is 0.806. The molecule has 1 heterocycles. The summed E-state index contributed by atoms with van der Waals surface area (Å²) in [5.41, 5.74) is 10.2. The molecule has 3 rings (SSSR count). The third-order valence-electron chi connectivity index (χ3n) is 3.10. The van der Waals surface area contributed by atoms with E-state index < -0.39 is 0 Å². The Morgan fingerprint density at radius 3 is 2.61 bits per heavy atom. The van der Waals surface area contributed by atoms with Crippen LogP contribution in [0.2, 0.25) is 0 Å². The Bertz CT molecular complexity index is 683. The Hall–Kier alpha value is -1.74. The molecule has 3 N–H and O–H groups in total. The quantitative estimate of drug-likeness (QED) is 0.687. The summed E-state index contributed by atoms with van der Waals surface area (Å²) in [4.78, 5) is 3.30. The third-order valence-corrected chi connectivity index (χ3v) is 3.60. The van der Waals surface area contributed by atoms with Gasteiger partial charge in [-0.05, 0) is 47.9 Å². The van der Waals surface area contributed by atoms with Crippen LogP contribution in [0.15, 0.2) is 53.1 Å². The topological polar surface area (TPSA) is 41.8 Å². The number of aromatic amines is 1. The van der Waals surface area contributed by atoms with E-state index in [1.54, 1.807) is 0 Å². The molecule has 3 aromatic rings. The molecule has 1 aromatic heterocycles. The Morgan fingerprint density at radius 1 is 1.06 bits per heavy atom. The molecule has 0 aliphatic heterocycles. The lowest BCUT2D eigenvalue weighted by molar-refractivity contribution is 1.21. The summed E-state index contributed by atoms with van der Waals surface area (Å²) < 4.78 is 1.10. The molecule has 2 nitrogen and oxygen atoms in total. The number of hydrogen-bond donors (Lipinski definition) is 2. The first kappa shape index (κ1) is 11.4. The van der Waals surface area contributed by atoms with E-state index >= 15 is 0 Å². The van der Waals surface area contributed by atoms with Crippen LogP contribution in [0, 0.1) is 0 Å². The third kappa shape index (κ3) is 2.14. The normalized spacial score (nSPS) is 10.9. The molecule has 0 radical (unpaired) electrons. The summed E-state index contributed by atoms with van der Waals surface area (Å²) in [6.07, 6.45) is 2.99. The number of nitrogens with two attached hydrogens (primary N) is 1. The van der Waals surface area contributed by atoms with Gasteiger partial charge >= 0.3 is 0 Å². The van der Waals surface area contributed by atoms with Crippen LogP contribution in [-0.4, -0.2) is 4.98 Å². The Kier molecular flexibility index (Phi) is 2.84. The van der Waals surface area contributed by atoms with E-state index in [1.165, 1.54) is 22.0 Å². The van der Waals surface area contributed by atoms with Crippen LogP contribution in [0.4, 0.5) is 5.69 Å². The number of nitrogens with one attached hydrogen (secondary N) is 1. The molecule has 0 atom stereocenters. The first-order valence-electron chi connectivity index (χ1n) is 5.82. The monoisotopic (exact) mass is 300 g/mol. The summed E-state index contributed by atoms with van der Waals surface area (Å²) in [5.74, 6) is 0. The van der Waals surface area contributed by atoms with Gasteiger partial charge in [0.15, 0.2) is 0 Å². The van der Waals surface area contributed by atoms with E-state index in [0.29, 0.717) is 0 Å². The van der Waals surface area contributed by atoms with Crippen molar-refractivity contribution in [1.29, 1.82) is 0 Å². The zero-order chi connectivity index (χ0) is 12.5. The number of nitrogen functional groups attached to an aromatic ring is 1. The van der Waals surface area contributed by atoms with Crippen molar-refractivity contribution < 1.29 is 0 Å². The van der Waals surface area contributed by atoms with Gasteiger partial charge in [-0.1, -0.05) is 28.1 Å². The van der Waals surface area contributed by atoms with E-state index in [4.69, 9.17) is 5.73 Å². The van der Waals surface area contributed by atoms with Crippen LogP contribution >= 0.6 is 15.9 Å². The molecule has 2 aromatic carbocycles. The number of anilines is 1. The SMILES string of the molecule is Nc1ccc(Cc2c[nH]c3ccc(Br)cc23)cc1. The highest BCUT2D eigenvalue weighted by molar-refractivity contribution is 9.10. The first-order valence-corrected chi connectivity index (χ1v) is 6.61. The predicted molar refractivity (Wildman–Crippen MR) is 79.7 cm³/mol. The van der Waals surface area contributed by atoms with Crippen LogP contribution in [0.25, 0.3) is 10.9 Å². The fourth-order valence-corrected chi connectivity index (χ4v) is 2.51. The highest BCUT2D eigenvalue weighted by atomic mass is 79.9. The van der Waals surface area contributed by atoms with Crippen molar-refractivity contribution in [2.45, 2.75) is 6.42 Å². The largest absolute Gasteiger partial charge is 0.399 e. The second-order valence-electron chi connectivity index (χ2n) is 4.42. The first-order chi connectivity index (χ1) is 8.72. The average Bonchev–Trinajstić information content (AvgIpc) is 2.75. The van der Waals surface area contributed by atoms with Crippen molar-refractivity contribution in [3.05, 3.63) is 64.3 Å². The van der Waals surface area contributed by atoms with Crippen molar-refractivity contribution in [2.75, 3.05) is 5.73 Å². The van der Waals surface area contributed by atoms with E-state index in [0.717, 1.165) is 16.6 Å². The van der Waals surface area contributed by atoms with Crippen LogP contribution in [0.3, 0.4) is 0 Å². The van der Waals surface area contributed by atoms with Crippen molar-refractivity contribution in [1.82, 2.24) is 4.98 Å². The van der Waals surface area contributed by atoms with Gasteiger partial charge in [0.1, 0.15) is 0 Å². The van der Waals surface area contributed by atoms with Gasteiger partial charge in [0.05, 0.1) is 0 Å². The van der Waals surface area contributed by atoms with E-state index in [9.17, 15) is 0 Å². The van der Waals surface area contributed by atoms with Gasteiger partial charge in [-0.3, -0.25) is 0 Å². The van der Waals surface area contributed by atoms with E-state index in [2.05, 4.69) is 51.4 Å². The number of fused-ring (bicyclic) bond motifs is 1. The summed E-state index contributed by atoms with van der Waals surface area (Å²) in [7, 11) is 0.